The molecule has 8 heteroatoms. The van der Waals surface area contributed by atoms with E-state index in [9.17, 15) is 14.0 Å². The molecule has 7 nitrogen and oxygen atoms in total. The van der Waals surface area contributed by atoms with Crippen molar-refractivity contribution in [3.05, 3.63) is 82.3 Å². The summed E-state index contributed by atoms with van der Waals surface area (Å²) in [7, 11) is 5.07. The van der Waals surface area contributed by atoms with Crippen LogP contribution in [0.1, 0.15) is 54.2 Å². The maximum atomic E-state index is 14.7. The number of nitrogens with one attached hydrogen (secondary N) is 1. The minimum Gasteiger partial charge on any atom is -0.355 e. The fourth-order valence-electron chi connectivity index (χ4n) is 5.83. The Morgan fingerprint density at radius 3 is 2.32 bits per heavy atom. The lowest BCUT2D eigenvalue weighted by atomic mass is 9.88. The zero-order chi connectivity index (χ0) is 26.6. The Morgan fingerprint density at radius 2 is 1.58 bits per heavy atom. The number of benzene rings is 3. The van der Waals surface area contributed by atoms with Crippen LogP contribution >= 0.6 is 0 Å². The van der Waals surface area contributed by atoms with Gasteiger partial charge in [-0.3, -0.25) is 18.5 Å². The van der Waals surface area contributed by atoms with Crippen LogP contribution in [0.4, 0.5) is 4.39 Å². The summed E-state index contributed by atoms with van der Waals surface area (Å²) >= 11 is 0. The molecule has 3 aromatic carbocycles. The van der Waals surface area contributed by atoms with Crippen LogP contribution in [0.3, 0.4) is 0 Å². The molecule has 1 fully saturated rings. The van der Waals surface area contributed by atoms with Gasteiger partial charge in [0.25, 0.3) is 5.91 Å². The van der Waals surface area contributed by atoms with Crippen molar-refractivity contribution in [3.63, 3.8) is 0 Å². The van der Waals surface area contributed by atoms with Crippen LogP contribution in [-0.4, -0.2) is 31.6 Å². The standard InChI is InChI=1S/C30H30FN5O2/c1-32-29(37)22-12-9-19(15-23(22)31)20-10-13-25-24(16-20)33-28(18-7-5-4-6-8-18)36(25)21-11-14-26-27(17-21)35(3)30(38)34(26)2/h9-18H,4-8H2,1-3H3,(H,32,37). The molecule has 0 atom stereocenters. The van der Waals surface area contributed by atoms with E-state index in [2.05, 4.69) is 22.0 Å². The summed E-state index contributed by atoms with van der Waals surface area (Å²) in [5, 5.41) is 2.47. The third-order valence-corrected chi connectivity index (χ3v) is 7.94. The van der Waals surface area contributed by atoms with Gasteiger partial charge in [0.15, 0.2) is 0 Å². The minimum atomic E-state index is -0.558. The van der Waals surface area contributed by atoms with Crippen LogP contribution < -0.4 is 11.0 Å². The predicted octanol–water partition coefficient (Wildman–Crippen LogP) is 5.43. The Morgan fingerprint density at radius 1 is 0.895 bits per heavy atom. The molecule has 6 rings (SSSR count). The fourth-order valence-corrected chi connectivity index (χ4v) is 5.83. The third-order valence-electron chi connectivity index (χ3n) is 7.94. The van der Waals surface area contributed by atoms with E-state index in [-0.39, 0.29) is 11.3 Å². The number of carbonyl (C=O) groups excluding carboxylic acids is 1. The van der Waals surface area contributed by atoms with Crippen molar-refractivity contribution >= 4 is 28.0 Å². The molecular formula is C30H30FN5O2. The third kappa shape index (κ3) is 3.83. The Bertz CT molecular complexity index is 1770. The fraction of sp³-hybridized carbons (Fsp3) is 0.300. The van der Waals surface area contributed by atoms with Gasteiger partial charge in [-0.25, -0.2) is 14.2 Å². The van der Waals surface area contributed by atoms with Crippen molar-refractivity contribution in [3.8, 4) is 16.8 Å². The Labute approximate surface area is 219 Å². The molecular weight excluding hydrogens is 481 g/mol. The number of halogens is 1. The monoisotopic (exact) mass is 511 g/mol. The first-order valence-corrected chi connectivity index (χ1v) is 13.1. The Balaban J connectivity index is 1.51. The summed E-state index contributed by atoms with van der Waals surface area (Å²) in [6.07, 6.45) is 5.80. The van der Waals surface area contributed by atoms with E-state index in [1.54, 1.807) is 29.3 Å². The first-order valence-electron chi connectivity index (χ1n) is 13.1. The molecule has 2 aromatic heterocycles. The lowest BCUT2D eigenvalue weighted by Crippen LogP contribution is -2.19. The smallest absolute Gasteiger partial charge is 0.328 e. The molecule has 0 aliphatic heterocycles. The number of fused-ring (bicyclic) bond motifs is 2. The van der Waals surface area contributed by atoms with E-state index < -0.39 is 11.7 Å². The number of carbonyl (C=O) groups is 1. The van der Waals surface area contributed by atoms with Crippen LogP contribution in [0.25, 0.3) is 38.9 Å². The molecule has 0 unspecified atom stereocenters. The maximum absolute atomic E-state index is 14.7. The van der Waals surface area contributed by atoms with Gasteiger partial charge in [0.2, 0.25) is 0 Å². The normalized spacial score (nSPS) is 14.4. The minimum absolute atomic E-state index is 0.0203. The van der Waals surface area contributed by atoms with Crippen LogP contribution in [0.15, 0.2) is 59.4 Å². The number of imidazole rings is 2. The highest BCUT2D eigenvalue weighted by molar-refractivity contribution is 5.95. The molecule has 1 N–H and O–H groups in total. The molecule has 0 bridgehead atoms. The van der Waals surface area contributed by atoms with Crippen molar-refractivity contribution < 1.29 is 9.18 Å². The molecule has 0 saturated heterocycles. The number of aromatic nitrogens is 4. The molecule has 1 aliphatic carbocycles. The largest absolute Gasteiger partial charge is 0.355 e. The van der Waals surface area contributed by atoms with Gasteiger partial charge >= 0.3 is 5.69 Å². The average Bonchev–Trinajstić information content (AvgIpc) is 3.43. The molecule has 1 aliphatic rings. The summed E-state index contributed by atoms with van der Waals surface area (Å²) in [4.78, 5) is 29.6. The number of nitrogens with zero attached hydrogens (tertiary/aromatic N) is 4. The summed E-state index contributed by atoms with van der Waals surface area (Å²) in [6, 6.07) is 16.8. The van der Waals surface area contributed by atoms with Crippen LogP contribution in [0.5, 0.6) is 0 Å². The summed E-state index contributed by atoms with van der Waals surface area (Å²) in [5.41, 5.74) is 6.01. The Kier molecular flexibility index (Phi) is 5.90. The van der Waals surface area contributed by atoms with Gasteiger partial charge in [0.05, 0.1) is 27.6 Å². The Hall–Kier alpha value is -4.20. The van der Waals surface area contributed by atoms with Gasteiger partial charge in [0.1, 0.15) is 11.6 Å². The van der Waals surface area contributed by atoms with Crippen molar-refractivity contribution in [1.82, 2.24) is 24.0 Å². The van der Waals surface area contributed by atoms with Gasteiger partial charge in [-0.15, -0.1) is 0 Å². The molecule has 1 amide bonds. The average molecular weight is 512 g/mol. The quantitative estimate of drug-likeness (QED) is 0.350. The summed E-state index contributed by atoms with van der Waals surface area (Å²) in [6.45, 7) is 0. The molecule has 38 heavy (non-hydrogen) atoms. The highest BCUT2D eigenvalue weighted by atomic mass is 19.1. The maximum Gasteiger partial charge on any atom is 0.328 e. The van der Waals surface area contributed by atoms with Gasteiger partial charge in [-0.2, -0.15) is 0 Å². The van der Waals surface area contributed by atoms with E-state index in [1.165, 1.54) is 38.4 Å². The highest BCUT2D eigenvalue weighted by Crippen LogP contribution is 2.37. The van der Waals surface area contributed by atoms with Crippen molar-refractivity contribution in [2.24, 2.45) is 14.1 Å². The number of hydrogen-bond acceptors (Lipinski definition) is 3. The molecule has 194 valence electrons. The predicted molar refractivity (Wildman–Crippen MR) is 147 cm³/mol. The van der Waals surface area contributed by atoms with Crippen molar-refractivity contribution in [2.75, 3.05) is 7.05 Å². The zero-order valence-corrected chi connectivity index (χ0v) is 21.8. The van der Waals surface area contributed by atoms with Gasteiger partial charge < -0.3 is 5.32 Å². The van der Waals surface area contributed by atoms with E-state index in [1.807, 2.05) is 24.3 Å². The first-order chi connectivity index (χ1) is 18.4. The SMILES string of the molecule is CNC(=O)c1ccc(-c2ccc3c(c2)nc(C2CCCCC2)n3-c2ccc3c(c2)n(C)c(=O)n3C)cc1F. The van der Waals surface area contributed by atoms with Crippen LogP contribution in [0.2, 0.25) is 0 Å². The van der Waals surface area contributed by atoms with Crippen molar-refractivity contribution in [2.45, 2.75) is 38.0 Å². The molecule has 1 saturated carbocycles. The number of rotatable bonds is 4. The summed E-state index contributed by atoms with van der Waals surface area (Å²) < 4.78 is 20.3. The second kappa shape index (κ2) is 9.28. The lowest BCUT2D eigenvalue weighted by Gasteiger charge is -2.22. The second-order valence-electron chi connectivity index (χ2n) is 10.2. The molecule has 0 radical (unpaired) electrons. The van der Waals surface area contributed by atoms with E-state index >= 15 is 0 Å². The van der Waals surface area contributed by atoms with Gasteiger partial charge in [-0.05, 0) is 66.4 Å². The highest BCUT2D eigenvalue weighted by Gasteiger charge is 2.24. The topological polar surface area (TPSA) is 73.8 Å². The summed E-state index contributed by atoms with van der Waals surface area (Å²) in [5.74, 6) is 0.364. The van der Waals surface area contributed by atoms with Gasteiger partial charge in [-0.1, -0.05) is 31.4 Å². The molecule has 5 aromatic rings. The van der Waals surface area contributed by atoms with Crippen LogP contribution in [-0.2, 0) is 14.1 Å². The molecule has 2 heterocycles. The van der Waals surface area contributed by atoms with Crippen LogP contribution in [0, 0.1) is 5.82 Å². The number of hydrogen-bond donors (Lipinski definition) is 1. The zero-order valence-electron chi connectivity index (χ0n) is 21.8. The van der Waals surface area contributed by atoms with Crippen molar-refractivity contribution in [1.29, 1.82) is 0 Å². The second-order valence-corrected chi connectivity index (χ2v) is 10.2. The van der Waals surface area contributed by atoms with E-state index in [0.29, 0.717) is 11.5 Å². The van der Waals surface area contributed by atoms with Gasteiger partial charge in [0, 0.05) is 32.7 Å². The number of aryl methyl sites for hydroxylation is 2. The molecule has 0 spiro atoms. The lowest BCUT2D eigenvalue weighted by molar-refractivity contribution is 0.0959. The number of amides is 1. The first kappa shape index (κ1) is 24.2. The van der Waals surface area contributed by atoms with E-state index in [0.717, 1.165) is 52.0 Å². The van der Waals surface area contributed by atoms with E-state index in [4.69, 9.17) is 4.98 Å².